The molecule has 2 aliphatic heterocycles. The number of hydrogen-bond donors (Lipinski definition) is 8. The summed E-state index contributed by atoms with van der Waals surface area (Å²) in [5, 5.41) is 21.5. The van der Waals surface area contributed by atoms with Gasteiger partial charge in [-0.15, -0.1) is 0 Å². The van der Waals surface area contributed by atoms with Crippen molar-refractivity contribution in [2.45, 2.75) is 141 Å². The molecule has 8 N–H and O–H groups in total. The van der Waals surface area contributed by atoms with Crippen molar-refractivity contribution in [1.29, 1.82) is 0 Å². The lowest BCUT2D eigenvalue weighted by molar-refractivity contribution is -0.154. The topological polar surface area (TPSA) is 400 Å². The molecule has 4 fully saturated rings. The van der Waals surface area contributed by atoms with Gasteiger partial charge in [0.05, 0.1) is 86.1 Å². The molecule has 0 radical (unpaired) electrons. The van der Waals surface area contributed by atoms with Gasteiger partial charge in [0.1, 0.15) is 52.9 Å². The van der Waals surface area contributed by atoms with Crippen molar-refractivity contribution in [3.63, 3.8) is 0 Å². The molecule has 0 aromatic rings. The lowest BCUT2D eigenvalue weighted by atomic mass is 9.90. The van der Waals surface area contributed by atoms with Gasteiger partial charge < -0.3 is 89.9 Å². The number of epoxide rings is 2. The average molecular weight is 1170 g/mol. The second-order valence-electron chi connectivity index (χ2n) is 19.8. The fraction of sp³-hybridized carbons (Fsp3) is 0.692. The van der Waals surface area contributed by atoms with Gasteiger partial charge in [-0.25, -0.2) is 28.8 Å². The Balaban J connectivity index is 0.000000430. The minimum atomic E-state index is -0.576. The van der Waals surface area contributed by atoms with Crippen molar-refractivity contribution in [2.24, 2.45) is 11.8 Å². The minimum Gasteiger partial charge on any atom is -0.462 e. The Hall–Kier alpha value is -7.76. The minimum absolute atomic E-state index is 0.000181. The molecule has 0 bridgehead atoms. The number of rotatable bonds is 32. The number of nitrogens with one attached hydrogen (secondary N) is 8. The molecule has 2 aliphatic carbocycles. The molecule has 2 saturated heterocycles. The number of carbonyl (C=O) groups excluding carboxylic acids is 12. The fourth-order valence-electron chi connectivity index (χ4n) is 7.52. The van der Waals surface area contributed by atoms with Crippen LogP contribution in [0.4, 0.5) is 19.2 Å². The number of hydrogen-bond acceptors (Lipinski definition) is 22. The van der Waals surface area contributed by atoms with Crippen LogP contribution in [0.25, 0.3) is 0 Å². The summed E-state index contributed by atoms with van der Waals surface area (Å²) >= 11 is 0. The van der Waals surface area contributed by atoms with Crippen LogP contribution < -0.4 is 42.5 Å². The third-order valence-corrected chi connectivity index (χ3v) is 12.0. The summed E-state index contributed by atoms with van der Waals surface area (Å²) in [4.78, 5) is 142. The fourth-order valence-corrected chi connectivity index (χ4v) is 7.52. The van der Waals surface area contributed by atoms with E-state index in [4.69, 9.17) is 47.4 Å². The van der Waals surface area contributed by atoms with Crippen molar-refractivity contribution < 1.29 is 105 Å². The molecule has 4 rings (SSSR count). The molecular formula is C52H80N8O22. The van der Waals surface area contributed by atoms with Crippen LogP contribution in [-0.2, 0) is 85.7 Å². The third-order valence-electron chi connectivity index (χ3n) is 12.0. The first-order valence-electron chi connectivity index (χ1n) is 27.0. The number of fused-ring (bicyclic) bond motifs is 2. The van der Waals surface area contributed by atoms with E-state index in [1.807, 2.05) is 0 Å². The Labute approximate surface area is 474 Å². The summed E-state index contributed by atoms with van der Waals surface area (Å²) < 4.78 is 50.4. The molecule has 2 saturated carbocycles. The van der Waals surface area contributed by atoms with Gasteiger partial charge in [-0.1, -0.05) is 40.9 Å². The molecule has 82 heavy (non-hydrogen) atoms. The summed E-state index contributed by atoms with van der Waals surface area (Å²) in [6.45, 7) is 16.1. The maximum Gasteiger partial charge on any atom is 0.333 e. The van der Waals surface area contributed by atoms with E-state index in [0.717, 1.165) is 0 Å². The zero-order valence-electron chi connectivity index (χ0n) is 47.3. The van der Waals surface area contributed by atoms with Crippen LogP contribution in [-0.4, -0.2) is 199 Å². The summed E-state index contributed by atoms with van der Waals surface area (Å²) in [6.07, 6.45) is 1.71. The molecule has 30 nitrogen and oxygen atoms in total. The van der Waals surface area contributed by atoms with Gasteiger partial charge >= 0.3 is 71.9 Å². The first-order chi connectivity index (χ1) is 38.9. The lowest BCUT2D eigenvalue weighted by Crippen LogP contribution is -2.58. The van der Waals surface area contributed by atoms with Gasteiger partial charge in [0.25, 0.3) is 0 Å². The van der Waals surface area contributed by atoms with E-state index in [1.54, 1.807) is 27.7 Å². The molecule has 460 valence electrons. The molecule has 0 aromatic carbocycles. The van der Waals surface area contributed by atoms with Crippen LogP contribution in [0.5, 0.6) is 0 Å². The van der Waals surface area contributed by atoms with Gasteiger partial charge in [-0.05, 0) is 39.5 Å². The van der Waals surface area contributed by atoms with Crippen molar-refractivity contribution >= 4 is 71.9 Å². The second kappa shape index (κ2) is 36.6. The quantitative estimate of drug-likeness (QED) is 0.0146. The Bertz CT molecular complexity index is 2100. The zero-order valence-corrected chi connectivity index (χ0v) is 47.3. The number of amides is 8. The van der Waals surface area contributed by atoms with E-state index in [0.29, 0.717) is 25.7 Å². The summed E-state index contributed by atoms with van der Waals surface area (Å²) in [5.41, 5.74) is 0.476. The highest BCUT2D eigenvalue weighted by molar-refractivity contribution is 5.87. The highest BCUT2D eigenvalue weighted by Crippen LogP contribution is 2.37. The zero-order chi connectivity index (χ0) is 60.7. The van der Waals surface area contributed by atoms with Crippen molar-refractivity contribution in [3.8, 4) is 0 Å². The molecule has 30 heteroatoms. The Kier molecular flexibility index (Phi) is 30.6. The normalized spacial score (nSPS) is 20.5. The van der Waals surface area contributed by atoms with Crippen molar-refractivity contribution in [3.05, 3.63) is 24.3 Å². The molecular weight excluding hydrogens is 1090 g/mol. The molecule has 0 aromatic heterocycles. The van der Waals surface area contributed by atoms with Crippen LogP contribution in [0.1, 0.15) is 92.9 Å². The van der Waals surface area contributed by atoms with E-state index < -0.39 is 84.1 Å². The maximum atomic E-state index is 12.4. The van der Waals surface area contributed by atoms with Gasteiger partial charge in [0.15, 0.2) is 0 Å². The van der Waals surface area contributed by atoms with E-state index in [-0.39, 0.29) is 164 Å². The molecule has 0 spiro atoms. The Morgan fingerprint density at radius 3 is 0.817 bits per heavy atom. The Morgan fingerprint density at radius 1 is 0.378 bits per heavy atom. The van der Waals surface area contributed by atoms with Gasteiger partial charge in [-0.2, -0.15) is 0 Å². The second-order valence-corrected chi connectivity index (χ2v) is 19.8. The summed E-state index contributed by atoms with van der Waals surface area (Å²) in [7, 11) is 0. The predicted molar refractivity (Wildman–Crippen MR) is 283 cm³/mol. The molecule has 2 heterocycles. The largest absolute Gasteiger partial charge is 0.462 e. The number of urea groups is 4. The summed E-state index contributed by atoms with van der Waals surface area (Å²) in [5.74, 6) is -4.69. The van der Waals surface area contributed by atoms with E-state index in [1.165, 1.54) is 13.8 Å². The molecule has 4 aliphatic rings. The van der Waals surface area contributed by atoms with E-state index >= 15 is 0 Å². The van der Waals surface area contributed by atoms with Crippen LogP contribution in [0.2, 0.25) is 0 Å². The van der Waals surface area contributed by atoms with Crippen LogP contribution in [0.15, 0.2) is 24.3 Å². The maximum absolute atomic E-state index is 12.4. The number of ether oxygens (including phenoxy) is 10. The van der Waals surface area contributed by atoms with Gasteiger partial charge in [0, 0.05) is 37.3 Å². The van der Waals surface area contributed by atoms with Gasteiger partial charge in [-0.3, -0.25) is 28.8 Å². The predicted octanol–water partition coefficient (Wildman–Crippen LogP) is 0.137. The highest BCUT2D eigenvalue weighted by atomic mass is 16.6. The van der Waals surface area contributed by atoms with E-state index in [2.05, 4.69) is 55.7 Å². The highest BCUT2D eigenvalue weighted by Gasteiger charge is 2.50. The third kappa shape index (κ3) is 29.1. The van der Waals surface area contributed by atoms with E-state index in [9.17, 15) is 57.5 Å². The van der Waals surface area contributed by atoms with Crippen LogP contribution in [0.3, 0.4) is 0 Å². The SMILES string of the molecule is C=C(C)C(=O)OCCOC(=O)CCNC(=O)NC1CC2OC2CC1NC(=O)NCCC(=O)OCCOC(=O)C(=C)C.CC(C)C(=O)OCCOC(=O)CCNC(=O)NC1CC2OC2CC1NC(=O)NCCC(=O)OCCOC(=O)C(C)C. The van der Waals surface area contributed by atoms with Crippen LogP contribution >= 0.6 is 0 Å². The van der Waals surface area contributed by atoms with Gasteiger partial charge in [0.2, 0.25) is 0 Å². The first-order valence-corrected chi connectivity index (χ1v) is 27.0. The Morgan fingerprint density at radius 2 is 0.598 bits per heavy atom. The lowest BCUT2D eigenvalue weighted by Gasteiger charge is -2.30. The summed E-state index contributed by atoms with van der Waals surface area (Å²) in [6, 6.07) is -3.75. The van der Waals surface area contributed by atoms with Crippen molar-refractivity contribution in [2.75, 3.05) is 79.0 Å². The molecule has 8 unspecified atom stereocenters. The number of esters is 8. The number of carbonyl (C=O) groups is 12. The van der Waals surface area contributed by atoms with Crippen molar-refractivity contribution in [1.82, 2.24) is 42.5 Å². The standard InChI is InChI=1S/C26H42N4O11.C26H38N4O11/c2*1-15(2)23(33)39-11-9-37-21(31)5-7-27-25(35)29-17-13-19-20(41-19)14-18(17)30-26(36)28-8-6-22(32)38-10-12-40-24(34)16(3)4/h15-20H,5-14H2,1-4H3,(H2,27,29,35)(H2,28,30,36);17-20H,1,3,5-14H2,2,4H3,(H2,27,29,35)(H2,28,30,36). The smallest absolute Gasteiger partial charge is 0.333 e. The average Bonchev–Trinajstić information content (AvgIpc) is 4.50. The molecule has 8 atom stereocenters. The monoisotopic (exact) mass is 1170 g/mol. The van der Waals surface area contributed by atoms with Crippen LogP contribution in [0, 0.1) is 11.8 Å². The molecule has 8 amide bonds. The first kappa shape index (κ1) is 68.5.